The zero-order valence-electron chi connectivity index (χ0n) is 6.48. The van der Waals surface area contributed by atoms with Crippen LogP contribution in [0.25, 0.3) is 0 Å². The molecule has 1 aromatic rings. The Hall–Kier alpha value is -0.500. The molecule has 0 atom stereocenters. The molecule has 1 aromatic heterocycles. The summed E-state index contributed by atoms with van der Waals surface area (Å²) in [6.45, 7) is -0.175. The van der Waals surface area contributed by atoms with Gasteiger partial charge in [0.1, 0.15) is 0 Å². The van der Waals surface area contributed by atoms with Gasteiger partial charge in [-0.2, -0.15) is 0 Å². The van der Waals surface area contributed by atoms with E-state index in [1.165, 1.54) is 6.07 Å². The number of alkyl halides is 2. The lowest BCUT2D eigenvalue weighted by atomic mass is 10.1. The Morgan fingerprint density at radius 3 is 2.69 bits per heavy atom. The summed E-state index contributed by atoms with van der Waals surface area (Å²) >= 11 is 1.77. The number of nitrogens with two attached hydrogens (primary N) is 1. The van der Waals surface area contributed by atoms with E-state index in [2.05, 4.69) is 4.98 Å². The molecule has 0 amide bonds. The monoisotopic (exact) mass is 300 g/mol. The Bertz CT molecular complexity index is 364. The number of hydrogen-bond donors (Lipinski definition) is 2. The van der Waals surface area contributed by atoms with Crippen molar-refractivity contribution in [2.45, 2.75) is 13.0 Å². The average molecular weight is 300 g/mol. The lowest BCUT2D eigenvalue weighted by Crippen LogP contribution is -2.20. The molecule has 72 valence electrons. The summed E-state index contributed by atoms with van der Waals surface area (Å²) in [5.41, 5.74) is 4.32. The van der Waals surface area contributed by atoms with E-state index < -0.39 is 12.0 Å². The average Bonchev–Trinajstić information content (AvgIpc) is 2.02. The molecule has 1 rings (SSSR count). The first kappa shape index (κ1) is 10.6. The normalized spacial score (nSPS) is 10.8. The molecular formula is C7H7F2IN2O. The van der Waals surface area contributed by atoms with E-state index in [0.717, 1.165) is 0 Å². The molecule has 0 aromatic carbocycles. The molecule has 3 N–H and O–H groups in total. The number of nitrogens with one attached hydrogen (secondary N) is 1. The zero-order chi connectivity index (χ0) is 10.0. The highest BCUT2D eigenvalue weighted by molar-refractivity contribution is 14.1. The first-order valence-corrected chi connectivity index (χ1v) is 4.54. The fourth-order valence-corrected chi connectivity index (χ4v) is 1.56. The van der Waals surface area contributed by atoms with Gasteiger partial charge in [0.15, 0.2) is 0 Å². The van der Waals surface area contributed by atoms with Crippen molar-refractivity contribution in [3.63, 3.8) is 0 Å². The van der Waals surface area contributed by atoms with Gasteiger partial charge in [-0.3, -0.25) is 4.79 Å². The van der Waals surface area contributed by atoms with Crippen LogP contribution in [0.5, 0.6) is 0 Å². The summed E-state index contributed by atoms with van der Waals surface area (Å²) < 4.78 is 25.1. The van der Waals surface area contributed by atoms with Crippen molar-refractivity contribution < 1.29 is 8.78 Å². The van der Waals surface area contributed by atoms with Crippen molar-refractivity contribution in [3.8, 4) is 0 Å². The van der Waals surface area contributed by atoms with Crippen LogP contribution in [0.1, 0.15) is 17.6 Å². The van der Waals surface area contributed by atoms with Crippen molar-refractivity contribution >= 4 is 22.6 Å². The van der Waals surface area contributed by atoms with Crippen LogP contribution < -0.4 is 11.3 Å². The standard InChI is InChI=1S/C7H7F2IN2O/c8-6(9)3-1-5(10)12-7(13)4(3)2-11/h1,6H,2,11H2,(H,12,13). The lowest BCUT2D eigenvalue weighted by molar-refractivity contribution is 0.150. The molecule has 3 nitrogen and oxygen atoms in total. The molecule has 0 saturated heterocycles. The SMILES string of the molecule is NCc1c(C(F)F)cc(I)[nH]c1=O. The second-order valence-corrected chi connectivity index (χ2v) is 3.55. The smallest absolute Gasteiger partial charge is 0.264 e. The van der Waals surface area contributed by atoms with Crippen LogP contribution in [0.4, 0.5) is 8.78 Å². The molecule has 0 bridgehead atoms. The van der Waals surface area contributed by atoms with E-state index in [4.69, 9.17) is 5.73 Å². The highest BCUT2D eigenvalue weighted by Crippen LogP contribution is 2.21. The minimum atomic E-state index is -2.66. The number of halogens is 3. The summed E-state index contributed by atoms with van der Waals surface area (Å²) in [7, 11) is 0. The van der Waals surface area contributed by atoms with Gasteiger partial charge in [0, 0.05) is 17.7 Å². The van der Waals surface area contributed by atoms with Gasteiger partial charge in [-0.15, -0.1) is 0 Å². The number of aromatic amines is 1. The van der Waals surface area contributed by atoms with E-state index in [-0.39, 0.29) is 17.7 Å². The van der Waals surface area contributed by atoms with Crippen LogP contribution in [0.2, 0.25) is 0 Å². The summed E-state index contributed by atoms with van der Waals surface area (Å²) in [6, 6.07) is 1.23. The van der Waals surface area contributed by atoms with Crippen LogP contribution in [0.15, 0.2) is 10.9 Å². The van der Waals surface area contributed by atoms with Crippen molar-refractivity contribution in [1.29, 1.82) is 0 Å². The van der Waals surface area contributed by atoms with E-state index in [0.29, 0.717) is 3.70 Å². The number of hydrogen-bond acceptors (Lipinski definition) is 2. The van der Waals surface area contributed by atoms with Gasteiger partial charge in [0.05, 0.1) is 3.70 Å². The van der Waals surface area contributed by atoms with Gasteiger partial charge in [-0.1, -0.05) is 0 Å². The maximum atomic E-state index is 12.4. The zero-order valence-corrected chi connectivity index (χ0v) is 8.64. The summed E-state index contributed by atoms with van der Waals surface area (Å²) in [6.07, 6.45) is -2.66. The second-order valence-electron chi connectivity index (χ2n) is 2.39. The molecule has 0 spiro atoms. The third kappa shape index (κ3) is 2.25. The Morgan fingerprint density at radius 2 is 2.23 bits per heavy atom. The Morgan fingerprint density at radius 1 is 1.62 bits per heavy atom. The van der Waals surface area contributed by atoms with E-state index in [1.54, 1.807) is 22.6 Å². The first-order valence-electron chi connectivity index (χ1n) is 3.46. The maximum Gasteiger partial charge on any atom is 0.264 e. The van der Waals surface area contributed by atoms with E-state index >= 15 is 0 Å². The van der Waals surface area contributed by atoms with Gasteiger partial charge in [-0.05, 0) is 28.7 Å². The van der Waals surface area contributed by atoms with Crippen molar-refractivity contribution in [2.75, 3.05) is 0 Å². The minimum absolute atomic E-state index is 0.0459. The number of rotatable bonds is 2. The quantitative estimate of drug-likeness (QED) is 0.640. The molecule has 0 aliphatic carbocycles. The van der Waals surface area contributed by atoms with E-state index in [9.17, 15) is 13.6 Å². The molecule has 13 heavy (non-hydrogen) atoms. The van der Waals surface area contributed by atoms with Crippen LogP contribution in [-0.4, -0.2) is 4.98 Å². The molecule has 0 radical (unpaired) electrons. The number of H-pyrrole nitrogens is 1. The van der Waals surface area contributed by atoms with E-state index in [1.807, 2.05) is 0 Å². The third-order valence-electron chi connectivity index (χ3n) is 1.58. The van der Waals surface area contributed by atoms with Gasteiger partial charge < -0.3 is 10.7 Å². The number of pyridine rings is 1. The van der Waals surface area contributed by atoms with Gasteiger partial charge in [0.2, 0.25) is 0 Å². The maximum absolute atomic E-state index is 12.4. The molecule has 0 saturated carbocycles. The topological polar surface area (TPSA) is 58.9 Å². The largest absolute Gasteiger partial charge is 0.326 e. The van der Waals surface area contributed by atoms with Gasteiger partial charge >= 0.3 is 0 Å². The highest BCUT2D eigenvalue weighted by Gasteiger charge is 2.15. The Kier molecular flexibility index (Phi) is 3.37. The van der Waals surface area contributed by atoms with Crippen molar-refractivity contribution in [1.82, 2.24) is 4.98 Å². The Balaban J connectivity index is 3.38. The summed E-state index contributed by atoms with van der Waals surface area (Å²) in [4.78, 5) is 13.5. The summed E-state index contributed by atoms with van der Waals surface area (Å²) in [5, 5.41) is 0. The van der Waals surface area contributed by atoms with Crippen LogP contribution in [0.3, 0.4) is 0 Å². The molecular weight excluding hydrogens is 293 g/mol. The van der Waals surface area contributed by atoms with Crippen LogP contribution >= 0.6 is 22.6 Å². The first-order chi connectivity index (χ1) is 6.06. The minimum Gasteiger partial charge on any atom is -0.326 e. The lowest BCUT2D eigenvalue weighted by Gasteiger charge is -2.05. The molecule has 0 fully saturated rings. The molecule has 0 aliphatic rings. The fraction of sp³-hybridized carbons (Fsp3) is 0.286. The number of aromatic nitrogens is 1. The second kappa shape index (κ2) is 4.14. The molecule has 0 unspecified atom stereocenters. The highest BCUT2D eigenvalue weighted by atomic mass is 127. The predicted octanol–water partition coefficient (Wildman–Crippen LogP) is 1.38. The fourth-order valence-electron chi connectivity index (χ4n) is 0.980. The summed E-state index contributed by atoms with van der Waals surface area (Å²) in [5.74, 6) is 0. The molecule has 6 heteroatoms. The van der Waals surface area contributed by atoms with Crippen LogP contribution in [0, 0.1) is 3.70 Å². The predicted molar refractivity (Wildman–Crippen MR) is 52.6 cm³/mol. The van der Waals surface area contributed by atoms with Crippen molar-refractivity contribution in [2.24, 2.45) is 5.73 Å². The van der Waals surface area contributed by atoms with Crippen molar-refractivity contribution in [3.05, 3.63) is 31.2 Å². The van der Waals surface area contributed by atoms with Crippen LogP contribution in [-0.2, 0) is 6.54 Å². The molecule has 1 heterocycles. The molecule has 0 aliphatic heterocycles. The van der Waals surface area contributed by atoms with Gasteiger partial charge in [0.25, 0.3) is 12.0 Å². The Labute approximate surface area is 86.5 Å². The third-order valence-corrected chi connectivity index (χ3v) is 2.16. The van der Waals surface area contributed by atoms with Gasteiger partial charge in [-0.25, -0.2) is 8.78 Å².